The molecule has 0 fully saturated rings. The molecule has 1 aromatic heterocycles. The van der Waals surface area contributed by atoms with Crippen LogP contribution in [0, 0.1) is 19.7 Å². The van der Waals surface area contributed by atoms with E-state index in [1.807, 2.05) is 12.1 Å². The Hall–Kier alpha value is -2.44. The van der Waals surface area contributed by atoms with E-state index in [1.54, 1.807) is 6.20 Å². The van der Waals surface area contributed by atoms with Gasteiger partial charge in [0.1, 0.15) is 5.82 Å². The van der Waals surface area contributed by atoms with Crippen molar-refractivity contribution in [3.63, 3.8) is 0 Å². The molecule has 0 bridgehead atoms. The smallest absolute Gasteiger partial charge is 0.234 e. The van der Waals surface area contributed by atoms with Gasteiger partial charge in [-0.1, -0.05) is 35.5 Å². The maximum atomic E-state index is 13.2. The van der Waals surface area contributed by atoms with E-state index in [9.17, 15) is 9.18 Å². The fourth-order valence-electron chi connectivity index (χ4n) is 2.37. The van der Waals surface area contributed by atoms with E-state index in [-0.39, 0.29) is 16.7 Å². The van der Waals surface area contributed by atoms with E-state index >= 15 is 0 Å². The summed E-state index contributed by atoms with van der Waals surface area (Å²) in [4.78, 5) is 20.8. The van der Waals surface area contributed by atoms with E-state index in [2.05, 4.69) is 41.3 Å². The molecule has 0 saturated heterocycles. The molecule has 138 valence electrons. The molecule has 4 nitrogen and oxygen atoms in total. The lowest BCUT2D eigenvalue weighted by atomic mass is 10.0. The first kappa shape index (κ1) is 19.3. The van der Waals surface area contributed by atoms with Crippen LogP contribution < -0.4 is 5.32 Å². The van der Waals surface area contributed by atoms with Crippen molar-refractivity contribution in [2.24, 2.45) is 0 Å². The van der Waals surface area contributed by atoms with Crippen LogP contribution in [0.3, 0.4) is 0 Å². The third kappa shape index (κ3) is 5.05. The third-order valence-corrected chi connectivity index (χ3v) is 5.12. The molecule has 27 heavy (non-hydrogen) atoms. The van der Waals surface area contributed by atoms with Crippen molar-refractivity contribution < 1.29 is 9.18 Å². The van der Waals surface area contributed by atoms with Gasteiger partial charge in [0.05, 0.1) is 16.5 Å². The number of carbonyl (C=O) groups excluding carboxylic acids is 1. The van der Waals surface area contributed by atoms with Gasteiger partial charge < -0.3 is 5.32 Å². The van der Waals surface area contributed by atoms with Crippen molar-refractivity contribution in [3.8, 4) is 11.3 Å². The summed E-state index contributed by atoms with van der Waals surface area (Å²) in [5.74, 6) is -0.644. The summed E-state index contributed by atoms with van der Waals surface area (Å²) >= 11 is 6.95. The topological polar surface area (TPSA) is 54.9 Å². The molecule has 0 aliphatic rings. The Morgan fingerprint density at radius 1 is 1.15 bits per heavy atom. The number of aromatic nitrogens is 2. The summed E-state index contributed by atoms with van der Waals surface area (Å²) in [7, 11) is 0. The second kappa shape index (κ2) is 8.50. The number of nitrogens with one attached hydrogen (secondary N) is 1. The van der Waals surface area contributed by atoms with Crippen LogP contribution in [-0.4, -0.2) is 21.6 Å². The predicted molar refractivity (Wildman–Crippen MR) is 108 cm³/mol. The highest BCUT2D eigenvalue weighted by Gasteiger charge is 2.09. The molecule has 3 aromatic rings. The van der Waals surface area contributed by atoms with Crippen molar-refractivity contribution >= 4 is 35.0 Å². The fraction of sp³-hybridized carbons (Fsp3) is 0.150. The minimum atomic E-state index is -0.527. The van der Waals surface area contributed by atoms with Gasteiger partial charge in [-0.25, -0.2) is 14.4 Å². The van der Waals surface area contributed by atoms with Crippen molar-refractivity contribution in [2.75, 3.05) is 11.1 Å². The van der Waals surface area contributed by atoms with Gasteiger partial charge in [-0.3, -0.25) is 4.79 Å². The lowest BCUT2D eigenvalue weighted by Gasteiger charge is -2.07. The molecular weight excluding hydrogens is 385 g/mol. The maximum absolute atomic E-state index is 13.2. The zero-order valence-corrected chi connectivity index (χ0v) is 16.4. The molecule has 0 saturated carbocycles. The zero-order chi connectivity index (χ0) is 19.4. The Bertz CT molecular complexity index is 997. The molecule has 1 heterocycles. The van der Waals surface area contributed by atoms with Crippen LogP contribution in [0.25, 0.3) is 11.3 Å². The number of hydrogen-bond donors (Lipinski definition) is 1. The number of aryl methyl sites for hydroxylation is 2. The Morgan fingerprint density at radius 3 is 2.70 bits per heavy atom. The van der Waals surface area contributed by atoms with E-state index in [0.29, 0.717) is 10.8 Å². The van der Waals surface area contributed by atoms with Gasteiger partial charge in [0.25, 0.3) is 0 Å². The van der Waals surface area contributed by atoms with Crippen molar-refractivity contribution in [3.05, 3.63) is 70.6 Å². The number of halogens is 2. The highest BCUT2D eigenvalue weighted by molar-refractivity contribution is 7.99. The summed E-state index contributed by atoms with van der Waals surface area (Å²) in [5.41, 5.74) is 4.67. The third-order valence-electron chi connectivity index (χ3n) is 3.97. The minimum absolute atomic E-state index is 0.0371. The van der Waals surface area contributed by atoms with Gasteiger partial charge in [0.15, 0.2) is 5.16 Å². The second-order valence-corrected chi connectivity index (χ2v) is 7.34. The molecule has 0 aliphatic carbocycles. The van der Waals surface area contributed by atoms with Gasteiger partial charge in [0.2, 0.25) is 5.91 Å². The van der Waals surface area contributed by atoms with E-state index in [0.717, 1.165) is 11.3 Å². The number of amides is 1. The Kier molecular flexibility index (Phi) is 6.08. The van der Waals surface area contributed by atoms with E-state index in [4.69, 9.17) is 11.6 Å². The highest BCUT2D eigenvalue weighted by Crippen LogP contribution is 2.23. The zero-order valence-electron chi connectivity index (χ0n) is 14.8. The molecule has 0 aliphatic heterocycles. The van der Waals surface area contributed by atoms with Crippen LogP contribution in [0.1, 0.15) is 11.1 Å². The van der Waals surface area contributed by atoms with Gasteiger partial charge >= 0.3 is 0 Å². The normalized spacial score (nSPS) is 10.7. The first-order valence-corrected chi connectivity index (χ1v) is 9.57. The van der Waals surface area contributed by atoms with Crippen LogP contribution in [0.4, 0.5) is 10.1 Å². The first-order chi connectivity index (χ1) is 12.9. The summed E-state index contributed by atoms with van der Waals surface area (Å²) in [5, 5.41) is 3.15. The number of hydrogen-bond acceptors (Lipinski definition) is 4. The molecule has 0 spiro atoms. The monoisotopic (exact) mass is 401 g/mol. The molecule has 3 rings (SSSR count). The number of rotatable bonds is 5. The molecular formula is C20H17ClFN3OS. The number of nitrogens with zero attached hydrogens (tertiary/aromatic N) is 2. The number of carbonyl (C=O) groups is 1. The standard InChI is InChI=1S/C20H17ClFN3OS/c1-12-3-4-14(9-13(12)2)18-7-8-23-20(25-18)27-11-19(26)24-15-5-6-17(22)16(21)10-15/h3-10H,11H2,1-2H3,(H,24,26). The van der Waals surface area contributed by atoms with Gasteiger partial charge in [0, 0.05) is 17.4 Å². The quantitative estimate of drug-likeness (QED) is 0.466. The number of benzene rings is 2. The van der Waals surface area contributed by atoms with Crippen LogP contribution >= 0.6 is 23.4 Å². The van der Waals surface area contributed by atoms with E-state index in [1.165, 1.54) is 41.1 Å². The minimum Gasteiger partial charge on any atom is -0.325 e. The first-order valence-electron chi connectivity index (χ1n) is 8.21. The van der Waals surface area contributed by atoms with Crippen LogP contribution in [-0.2, 0) is 4.79 Å². The summed E-state index contributed by atoms with van der Waals surface area (Å²) in [6.07, 6.45) is 1.68. The summed E-state index contributed by atoms with van der Waals surface area (Å²) in [6.45, 7) is 4.12. The molecule has 1 N–H and O–H groups in total. The lowest BCUT2D eigenvalue weighted by molar-refractivity contribution is -0.113. The largest absolute Gasteiger partial charge is 0.325 e. The molecule has 0 unspecified atom stereocenters. The van der Waals surface area contributed by atoms with Crippen molar-refractivity contribution in [1.82, 2.24) is 9.97 Å². The predicted octanol–water partition coefficient (Wildman–Crippen LogP) is 5.28. The maximum Gasteiger partial charge on any atom is 0.234 e. The SMILES string of the molecule is Cc1ccc(-c2ccnc(SCC(=O)Nc3ccc(F)c(Cl)c3)n2)cc1C. The van der Waals surface area contributed by atoms with Crippen LogP contribution in [0.15, 0.2) is 53.8 Å². The van der Waals surface area contributed by atoms with Gasteiger partial charge in [-0.15, -0.1) is 0 Å². The fourth-order valence-corrected chi connectivity index (χ4v) is 3.18. The summed E-state index contributed by atoms with van der Waals surface area (Å²) < 4.78 is 13.2. The molecule has 0 radical (unpaired) electrons. The van der Waals surface area contributed by atoms with E-state index < -0.39 is 5.82 Å². The molecule has 0 atom stereocenters. The van der Waals surface area contributed by atoms with Crippen molar-refractivity contribution in [1.29, 1.82) is 0 Å². The Labute approximate surface area is 166 Å². The molecule has 2 aromatic carbocycles. The van der Waals surface area contributed by atoms with Crippen molar-refractivity contribution in [2.45, 2.75) is 19.0 Å². The number of thioether (sulfide) groups is 1. The number of anilines is 1. The lowest BCUT2D eigenvalue weighted by Crippen LogP contribution is -2.14. The average Bonchev–Trinajstić information content (AvgIpc) is 2.65. The second-order valence-electron chi connectivity index (χ2n) is 5.99. The molecule has 1 amide bonds. The van der Waals surface area contributed by atoms with Gasteiger partial charge in [-0.2, -0.15) is 0 Å². The molecule has 7 heteroatoms. The average molecular weight is 402 g/mol. The van der Waals surface area contributed by atoms with Gasteiger partial charge in [-0.05, 0) is 55.3 Å². The van der Waals surface area contributed by atoms with Crippen LogP contribution in [0.2, 0.25) is 5.02 Å². The Morgan fingerprint density at radius 2 is 1.96 bits per heavy atom. The summed E-state index contributed by atoms with van der Waals surface area (Å²) in [6, 6.07) is 12.0. The van der Waals surface area contributed by atoms with Crippen LogP contribution in [0.5, 0.6) is 0 Å². The Balaban J connectivity index is 1.64. The highest BCUT2D eigenvalue weighted by atomic mass is 35.5.